The Morgan fingerprint density at radius 2 is 0.667 bits per heavy atom. The molecule has 0 aliphatic heterocycles. The minimum Gasteiger partial charge on any atom is -0.310 e. The second-order valence-electron chi connectivity index (χ2n) is 18.8. The van der Waals surface area contributed by atoms with E-state index >= 15 is 0 Å². The van der Waals surface area contributed by atoms with Crippen molar-refractivity contribution >= 4 is 82.0 Å². The number of para-hydroxylation sites is 2. The highest BCUT2D eigenvalue weighted by molar-refractivity contribution is 6.22. The monoisotopic (exact) mass is 914 g/mol. The molecule has 13 aromatic carbocycles. The summed E-state index contributed by atoms with van der Waals surface area (Å²) in [6.07, 6.45) is 0. The quantitative estimate of drug-likeness (QED) is 0.138. The third-order valence-electron chi connectivity index (χ3n) is 14.7. The molecule has 0 amide bonds. The van der Waals surface area contributed by atoms with Gasteiger partial charge in [-0.1, -0.05) is 212 Å². The predicted molar refractivity (Wildman–Crippen MR) is 307 cm³/mol. The SMILES string of the molecule is c1ccc(-c2c(-c3ccccc3)c3cc(-c4ccc(N(c5ccc(-c6ccc7c(c6)c6ccccc6n7-c6ccccc6)cc5)c5cc6ccccc6c6ccccc56)cc4)ccc3c3ccccc23)cc1. The van der Waals surface area contributed by atoms with Crippen LogP contribution < -0.4 is 4.90 Å². The Kier molecular flexibility index (Phi) is 9.89. The fourth-order valence-electron chi connectivity index (χ4n) is 11.4. The summed E-state index contributed by atoms with van der Waals surface area (Å²) in [5.74, 6) is 0. The van der Waals surface area contributed by atoms with Gasteiger partial charge in [-0.3, -0.25) is 0 Å². The molecule has 0 radical (unpaired) electrons. The summed E-state index contributed by atoms with van der Waals surface area (Å²) in [6.45, 7) is 0. The number of rotatable bonds is 8. The molecule has 0 aliphatic rings. The van der Waals surface area contributed by atoms with E-state index in [9.17, 15) is 0 Å². The van der Waals surface area contributed by atoms with E-state index in [0.29, 0.717) is 0 Å². The van der Waals surface area contributed by atoms with Crippen molar-refractivity contribution in [3.8, 4) is 50.2 Å². The molecule has 0 spiro atoms. The van der Waals surface area contributed by atoms with Crippen LogP contribution in [0.1, 0.15) is 0 Å². The summed E-state index contributed by atoms with van der Waals surface area (Å²) < 4.78 is 2.38. The highest BCUT2D eigenvalue weighted by atomic mass is 15.1. The molecule has 14 rings (SSSR count). The van der Waals surface area contributed by atoms with Crippen LogP contribution >= 0.6 is 0 Å². The molecule has 14 aromatic rings. The number of fused-ring (bicyclic) bond motifs is 9. The second kappa shape index (κ2) is 17.2. The maximum atomic E-state index is 2.44. The summed E-state index contributed by atoms with van der Waals surface area (Å²) in [6, 6.07) is 102. The molecule has 2 nitrogen and oxygen atoms in total. The first-order valence-corrected chi connectivity index (χ1v) is 24.8. The molecule has 0 unspecified atom stereocenters. The van der Waals surface area contributed by atoms with Crippen molar-refractivity contribution in [2.75, 3.05) is 4.90 Å². The third-order valence-corrected chi connectivity index (χ3v) is 14.7. The summed E-state index contributed by atoms with van der Waals surface area (Å²) in [5, 5.41) is 12.4. The molecule has 1 heterocycles. The van der Waals surface area contributed by atoms with Crippen molar-refractivity contribution in [3.63, 3.8) is 0 Å². The number of hydrogen-bond acceptors (Lipinski definition) is 1. The normalized spacial score (nSPS) is 11.6. The van der Waals surface area contributed by atoms with E-state index < -0.39 is 0 Å². The Morgan fingerprint density at radius 1 is 0.236 bits per heavy atom. The maximum absolute atomic E-state index is 2.44. The Labute approximate surface area is 418 Å². The van der Waals surface area contributed by atoms with Gasteiger partial charge in [-0.15, -0.1) is 0 Å². The molecule has 1 aromatic heterocycles. The van der Waals surface area contributed by atoms with Gasteiger partial charge in [0, 0.05) is 33.2 Å². The lowest BCUT2D eigenvalue weighted by Crippen LogP contribution is -2.10. The summed E-state index contributed by atoms with van der Waals surface area (Å²) in [4.78, 5) is 2.44. The lowest BCUT2D eigenvalue weighted by Gasteiger charge is -2.28. The standard InChI is InChI=1S/C70H46N2/c1-4-18-49(19-5-1)69-63-30-15-13-27-59(63)60-42-36-51(45-65(60)70(69)50-20-6-2-7-21-50)47-32-38-55(39-33-47)71(68-46-53-22-10-11-25-57(53)58-26-12-14-28-61(58)68)56-40-34-48(35-41-56)52-37-43-67-64(44-52)62-29-16-17-31-66(62)72(67)54-23-8-3-9-24-54/h1-46H. The van der Waals surface area contributed by atoms with E-state index in [1.807, 2.05) is 0 Å². The van der Waals surface area contributed by atoms with Crippen LogP contribution in [0.15, 0.2) is 279 Å². The van der Waals surface area contributed by atoms with E-state index in [4.69, 9.17) is 0 Å². The van der Waals surface area contributed by atoms with Crippen LogP contribution in [0.5, 0.6) is 0 Å². The van der Waals surface area contributed by atoms with Gasteiger partial charge in [0.15, 0.2) is 0 Å². The molecule has 0 atom stereocenters. The van der Waals surface area contributed by atoms with Crippen molar-refractivity contribution in [3.05, 3.63) is 279 Å². The summed E-state index contributed by atoms with van der Waals surface area (Å²) in [7, 11) is 0. The van der Waals surface area contributed by atoms with Crippen LogP contribution in [0.4, 0.5) is 17.1 Å². The van der Waals surface area contributed by atoms with Crippen LogP contribution in [-0.4, -0.2) is 4.57 Å². The maximum Gasteiger partial charge on any atom is 0.0546 e. The average Bonchev–Trinajstić information content (AvgIpc) is 3.79. The molecule has 0 bridgehead atoms. The van der Waals surface area contributed by atoms with E-state index in [1.54, 1.807) is 0 Å². The van der Waals surface area contributed by atoms with Gasteiger partial charge >= 0.3 is 0 Å². The Balaban J connectivity index is 0.907. The second-order valence-corrected chi connectivity index (χ2v) is 18.8. The van der Waals surface area contributed by atoms with Crippen LogP contribution in [0.25, 0.3) is 115 Å². The Morgan fingerprint density at radius 3 is 1.31 bits per heavy atom. The molecule has 0 saturated carbocycles. The lowest BCUT2D eigenvalue weighted by atomic mass is 9.84. The first-order chi connectivity index (χ1) is 35.7. The lowest BCUT2D eigenvalue weighted by molar-refractivity contribution is 1.18. The van der Waals surface area contributed by atoms with Gasteiger partial charge < -0.3 is 9.47 Å². The van der Waals surface area contributed by atoms with E-state index in [1.165, 1.54) is 104 Å². The van der Waals surface area contributed by atoms with Gasteiger partial charge in [0.05, 0.1) is 16.7 Å². The van der Waals surface area contributed by atoms with Gasteiger partial charge in [-0.2, -0.15) is 0 Å². The molecule has 0 fully saturated rings. The van der Waals surface area contributed by atoms with Crippen LogP contribution in [0, 0.1) is 0 Å². The molecular weight excluding hydrogens is 869 g/mol. The van der Waals surface area contributed by atoms with Gasteiger partial charge in [-0.05, 0) is 149 Å². The molecule has 336 valence electrons. The zero-order valence-electron chi connectivity index (χ0n) is 39.5. The van der Waals surface area contributed by atoms with Gasteiger partial charge in [-0.25, -0.2) is 0 Å². The highest BCUT2D eigenvalue weighted by Crippen LogP contribution is 2.47. The van der Waals surface area contributed by atoms with Crippen LogP contribution in [-0.2, 0) is 0 Å². The zero-order chi connectivity index (χ0) is 47.5. The fraction of sp³-hybridized carbons (Fsp3) is 0. The average molecular weight is 915 g/mol. The number of hydrogen-bond donors (Lipinski definition) is 0. The van der Waals surface area contributed by atoms with Crippen molar-refractivity contribution in [2.24, 2.45) is 0 Å². The smallest absolute Gasteiger partial charge is 0.0546 e. The van der Waals surface area contributed by atoms with Gasteiger partial charge in [0.1, 0.15) is 0 Å². The minimum atomic E-state index is 1.09. The number of aromatic nitrogens is 1. The summed E-state index contributed by atoms with van der Waals surface area (Å²) >= 11 is 0. The number of anilines is 3. The molecule has 0 N–H and O–H groups in total. The van der Waals surface area contributed by atoms with Crippen molar-refractivity contribution in [1.29, 1.82) is 0 Å². The van der Waals surface area contributed by atoms with Crippen LogP contribution in [0.3, 0.4) is 0 Å². The van der Waals surface area contributed by atoms with Crippen molar-refractivity contribution in [1.82, 2.24) is 4.57 Å². The molecule has 2 heteroatoms. The highest BCUT2D eigenvalue weighted by Gasteiger charge is 2.21. The number of benzene rings is 13. The Hall–Kier alpha value is -9.50. The molecular formula is C70H46N2. The Bertz CT molecular complexity index is 4340. The fourth-order valence-corrected chi connectivity index (χ4v) is 11.4. The molecule has 0 saturated heterocycles. The van der Waals surface area contributed by atoms with Gasteiger partial charge in [0.2, 0.25) is 0 Å². The van der Waals surface area contributed by atoms with Crippen molar-refractivity contribution < 1.29 is 0 Å². The topological polar surface area (TPSA) is 8.17 Å². The van der Waals surface area contributed by atoms with E-state index in [0.717, 1.165) is 28.3 Å². The molecule has 0 aliphatic carbocycles. The first kappa shape index (κ1) is 41.5. The molecule has 72 heavy (non-hydrogen) atoms. The third kappa shape index (κ3) is 6.88. The van der Waals surface area contributed by atoms with Gasteiger partial charge in [0.25, 0.3) is 0 Å². The first-order valence-electron chi connectivity index (χ1n) is 24.8. The number of nitrogens with zero attached hydrogens (tertiary/aromatic N) is 2. The van der Waals surface area contributed by atoms with Crippen LogP contribution in [0.2, 0.25) is 0 Å². The van der Waals surface area contributed by atoms with Crippen molar-refractivity contribution in [2.45, 2.75) is 0 Å². The largest absolute Gasteiger partial charge is 0.310 e. The predicted octanol–water partition coefficient (Wildman–Crippen LogP) is 19.5. The van der Waals surface area contributed by atoms with E-state index in [2.05, 4.69) is 289 Å². The zero-order valence-corrected chi connectivity index (χ0v) is 39.5. The summed E-state index contributed by atoms with van der Waals surface area (Å²) in [5.41, 5.74) is 16.5. The minimum absolute atomic E-state index is 1.09. The van der Waals surface area contributed by atoms with E-state index in [-0.39, 0.29) is 0 Å².